The van der Waals surface area contributed by atoms with Crippen molar-refractivity contribution in [1.82, 2.24) is 0 Å². The Morgan fingerprint density at radius 1 is 1.32 bits per heavy atom. The van der Waals surface area contributed by atoms with Crippen LogP contribution in [0.3, 0.4) is 0 Å². The zero-order valence-electron chi connectivity index (χ0n) is 12.6. The van der Waals surface area contributed by atoms with Crippen molar-refractivity contribution in [2.24, 2.45) is 5.73 Å². The van der Waals surface area contributed by atoms with E-state index in [9.17, 15) is 4.79 Å². The molecule has 0 fully saturated rings. The van der Waals surface area contributed by atoms with Crippen molar-refractivity contribution in [3.8, 4) is 5.75 Å². The summed E-state index contributed by atoms with van der Waals surface area (Å²) in [6.45, 7) is 1.86. The SMILES string of the molecule is COc1cc(Cl)c(C)cc1NC(=O)[C@@H](N)Cc1ccccc1. The second-order valence-electron chi connectivity index (χ2n) is 5.09. The summed E-state index contributed by atoms with van der Waals surface area (Å²) in [5.74, 6) is 0.250. The molecule has 1 amide bonds. The Bertz CT molecular complexity index is 659. The van der Waals surface area contributed by atoms with Crippen LogP contribution in [-0.4, -0.2) is 19.1 Å². The van der Waals surface area contributed by atoms with Gasteiger partial charge in [0.15, 0.2) is 0 Å². The normalized spacial score (nSPS) is 11.8. The summed E-state index contributed by atoms with van der Waals surface area (Å²) in [5.41, 5.74) is 8.42. The summed E-state index contributed by atoms with van der Waals surface area (Å²) in [6, 6.07) is 12.5. The van der Waals surface area contributed by atoms with Crippen LogP contribution in [0.25, 0.3) is 0 Å². The lowest BCUT2D eigenvalue weighted by Crippen LogP contribution is -2.37. The van der Waals surface area contributed by atoms with E-state index in [4.69, 9.17) is 22.1 Å². The molecule has 2 aromatic carbocycles. The molecule has 3 N–H and O–H groups in total. The van der Waals surface area contributed by atoms with Crippen LogP contribution in [-0.2, 0) is 11.2 Å². The molecule has 0 saturated carbocycles. The van der Waals surface area contributed by atoms with Crippen LogP contribution in [0.1, 0.15) is 11.1 Å². The molecule has 0 aliphatic rings. The molecule has 2 rings (SSSR count). The van der Waals surface area contributed by atoms with Crippen molar-refractivity contribution < 1.29 is 9.53 Å². The molecular formula is C17H19ClN2O2. The van der Waals surface area contributed by atoms with Gasteiger partial charge in [-0.15, -0.1) is 0 Å². The third-order valence-corrected chi connectivity index (χ3v) is 3.78. The fourth-order valence-corrected chi connectivity index (χ4v) is 2.27. The third kappa shape index (κ3) is 4.00. The van der Waals surface area contributed by atoms with Crippen molar-refractivity contribution in [1.29, 1.82) is 0 Å². The average Bonchev–Trinajstić information content (AvgIpc) is 2.51. The van der Waals surface area contributed by atoms with E-state index in [0.29, 0.717) is 22.9 Å². The van der Waals surface area contributed by atoms with Gasteiger partial charge in [0, 0.05) is 11.1 Å². The van der Waals surface area contributed by atoms with Gasteiger partial charge in [0.05, 0.1) is 18.8 Å². The maximum atomic E-state index is 12.3. The highest BCUT2D eigenvalue weighted by Gasteiger charge is 2.17. The predicted octanol–water partition coefficient (Wildman–Crippen LogP) is 3.17. The lowest BCUT2D eigenvalue weighted by Gasteiger charge is -2.15. The first kappa shape index (κ1) is 16.3. The molecule has 22 heavy (non-hydrogen) atoms. The first-order valence-corrected chi connectivity index (χ1v) is 7.33. The van der Waals surface area contributed by atoms with Crippen molar-refractivity contribution in [3.05, 3.63) is 58.6 Å². The summed E-state index contributed by atoms with van der Waals surface area (Å²) < 4.78 is 5.24. The number of carbonyl (C=O) groups is 1. The molecule has 1 atom stereocenters. The van der Waals surface area contributed by atoms with Crippen LogP contribution < -0.4 is 15.8 Å². The fourth-order valence-electron chi connectivity index (χ4n) is 2.12. The number of halogens is 1. The molecule has 5 heteroatoms. The lowest BCUT2D eigenvalue weighted by atomic mass is 10.1. The Kier molecular flexibility index (Phi) is 5.41. The third-order valence-electron chi connectivity index (χ3n) is 3.37. The van der Waals surface area contributed by atoms with Gasteiger partial charge in [-0.3, -0.25) is 4.79 Å². The fraction of sp³-hybridized carbons (Fsp3) is 0.235. The van der Waals surface area contributed by atoms with Gasteiger partial charge in [0.1, 0.15) is 5.75 Å². The highest BCUT2D eigenvalue weighted by atomic mass is 35.5. The van der Waals surface area contributed by atoms with Crippen LogP contribution >= 0.6 is 11.6 Å². The topological polar surface area (TPSA) is 64.3 Å². The van der Waals surface area contributed by atoms with Crippen LogP contribution in [0.2, 0.25) is 5.02 Å². The van der Waals surface area contributed by atoms with Crippen molar-refractivity contribution >= 4 is 23.2 Å². The second kappa shape index (κ2) is 7.29. The molecular weight excluding hydrogens is 300 g/mol. The number of nitrogens with two attached hydrogens (primary N) is 1. The van der Waals surface area contributed by atoms with E-state index in [-0.39, 0.29) is 5.91 Å². The van der Waals surface area contributed by atoms with Gasteiger partial charge in [-0.25, -0.2) is 0 Å². The van der Waals surface area contributed by atoms with Gasteiger partial charge in [0.25, 0.3) is 0 Å². The van der Waals surface area contributed by atoms with Gasteiger partial charge in [0.2, 0.25) is 5.91 Å². The number of carbonyl (C=O) groups excluding carboxylic acids is 1. The second-order valence-corrected chi connectivity index (χ2v) is 5.49. The summed E-state index contributed by atoms with van der Waals surface area (Å²) in [4.78, 5) is 12.3. The van der Waals surface area contributed by atoms with E-state index in [1.54, 1.807) is 12.1 Å². The Labute approximate surface area is 135 Å². The van der Waals surface area contributed by atoms with Gasteiger partial charge in [-0.1, -0.05) is 41.9 Å². The van der Waals surface area contributed by atoms with Crippen molar-refractivity contribution in [2.45, 2.75) is 19.4 Å². The zero-order valence-corrected chi connectivity index (χ0v) is 13.4. The number of hydrogen-bond acceptors (Lipinski definition) is 3. The molecule has 0 unspecified atom stereocenters. The van der Waals surface area contributed by atoms with Gasteiger partial charge in [-0.05, 0) is 30.5 Å². The van der Waals surface area contributed by atoms with Gasteiger partial charge < -0.3 is 15.8 Å². The van der Waals surface area contributed by atoms with Crippen LogP contribution in [0.15, 0.2) is 42.5 Å². The molecule has 4 nitrogen and oxygen atoms in total. The Hall–Kier alpha value is -2.04. The standard InChI is InChI=1S/C17H19ClN2O2/c1-11-8-15(16(22-2)10-13(11)18)20-17(21)14(19)9-12-6-4-3-5-7-12/h3-8,10,14H,9,19H2,1-2H3,(H,20,21)/t14-/m0/s1. The number of amides is 1. The first-order chi connectivity index (χ1) is 10.5. The highest BCUT2D eigenvalue weighted by Crippen LogP contribution is 2.31. The molecule has 0 aliphatic carbocycles. The summed E-state index contributed by atoms with van der Waals surface area (Å²) in [6.07, 6.45) is 0.474. The van der Waals surface area contributed by atoms with Crippen LogP contribution in [0.5, 0.6) is 5.75 Å². The Balaban J connectivity index is 2.10. The predicted molar refractivity (Wildman–Crippen MR) is 89.5 cm³/mol. The number of ether oxygens (including phenoxy) is 1. The van der Waals surface area contributed by atoms with E-state index in [1.165, 1.54) is 7.11 Å². The largest absolute Gasteiger partial charge is 0.495 e. The summed E-state index contributed by atoms with van der Waals surface area (Å²) in [5, 5.41) is 3.39. The number of hydrogen-bond donors (Lipinski definition) is 2. The maximum Gasteiger partial charge on any atom is 0.241 e. The quantitative estimate of drug-likeness (QED) is 0.890. The summed E-state index contributed by atoms with van der Waals surface area (Å²) in [7, 11) is 1.53. The number of methoxy groups -OCH3 is 1. The van der Waals surface area contributed by atoms with E-state index >= 15 is 0 Å². The van der Waals surface area contributed by atoms with Gasteiger partial charge >= 0.3 is 0 Å². The first-order valence-electron chi connectivity index (χ1n) is 6.95. The minimum absolute atomic E-state index is 0.260. The van der Waals surface area contributed by atoms with Crippen LogP contribution in [0, 0.1) is 6.92 Å². The molecule has 0 aliphatic heterocycles. The monoisotopic (exact) mass is 318 g/mol. The van der Waals surface area contributed by atoms with Crippen molar-refractivity contribution in [2.75, 3.05) is 12.4 Å². The number of rotatable bonds is 5. The average molecular weight is 319 g/mol. The van der Waals surface area contributed by atoms with E-state index in [1.807, 2.05) is 37.3 Å². The Morgan fingerprint density at radius 3 is 2.64 bits per heavy atom. The minimum Gasteiger partial charge on any atom is -0.495 e. The number of anilines is 1. The minimum atomic E-state index is -0.636. The molecule has 0 aromatic heterocycles. The Morgan fingerprint density at radius 2 is 2.00 bits per heavy atom. The number of nitrogens with one attached hydrogen (secondary N) is 1. The van der Waals surface area contributed by atoms with E-state index in [2.05, 4.69) is 5.32 Å². The smallest absolute Gasteiger partial charge is 0.241 e. The van der Waals surface area contributed by atoms with Gasteiger partial charge in [-0.2, -0.15) is 0 Å². The molecule has 2 aromatic rings. The van der Waals surface area contributed by atoms with Crippen molar-refractivity contribution in [3.63, 3.8) is 0 Å². The molecule has 0 spiro atoms. The molecule has 0 radical (unpaired) electrons. The maximum absolute atomic E-state index is 12.3. The van der Waals surface area contributed by atoms with E-state index < -0.39 is 6.04 Å². The molecule has 116 valence electrons. The van der Waals surface area contributed by atoms with E-state index in [0.717, 1.165) is 11.1 Å². The zero-order chi connectivity index (χ0) is 16.1. The van der Waals surface area contributed by atoms with Crippen LogP contribution in [0.4, 0.5) is 5.69 Å². The molecule has 0 bridgehead atoms. The number of aryl methyl sites for hydroxylation is 1. The molecule has 0 heterocycles. The lowest BCUT2D eigenvalue weighted by molar-refractivity contribution is -0.117. The summed E-state index contributed by atoms with van der Waals surface area (Å²) >= 11 is 6.05. The highest BCUT2D eigenvalue weighted by molar-refractivity contribution is 6.31. The molecule has 0 saturated heterocycles. The number of benzene rings is 2.